The highest BCUT2D eigenvalue weighted by Gasteiger charge is 2.17. The number of hydrazone groups is 1. The third-order valence-electron chi connectivity index (χ3n) is 5.59. The maximum atomic E-state index is 14.1. The maximum absolute atomic E-state index is 14.1. The van der Waals surface area contributed by atoms with Crippen LogP contribution >= 0.6 is 0 Å². The molecule has 1 aromatic carbocycles. The van der Waals surface area contributed by atoms with Crippen molar-refractivity contribution < 1.29 is 9.13 Å². The van der Waals surface area contributed by atoms with Crippen LogP contribution in [0.2, 0.25) is 0 Å². The van der Waals surface area contributed by atoms with Crippen LogP contribution in [0.4, 0.5) is 27.5 Å². The number of unbranched alkanes of at least 4 members (excludes halogenated alkanes) is 1. The van der Waals surface area contributed by atoms with Gasteiger partial charge in [0.25, 0.3) is 0 Å². The Balaban J connectivity index is 0.000000568. The lowest BCUT2D eigenvalue weighted by molar-refractivity contribution is 0.122. The molecule has 9 nitrogen and oxygen atoms in total. The maximum Gasteiger partial charge on any atom is 0.245 e. The number of nitrogens with one attached hydrogen (secondary N) is 3. The molecule has 198 valence electrons. The van der Waals surface area contributed by atoms with Crippen molar-refractivity contribution in [2.75, 3.05) is 55.5 Å². The number of aryl methyl sites for hydroxylation is 1. The van der Waals surface area contributed by atoms with Crippen molar-refractivity contribution in [3.8, 4) is 0 Å². The molecular weight excluding hydrogens is 471 g/mol. The van der Waals surface area contributed by atoms with Gasteiger partial charge in [-0.2, -0.15) is 10.1 Å². The minimum Gasteiger partial charge on any atom is -0.378 e. The standard InChI is InChI=1S/C22H24FN7O.C5H13N/c1-2-16-4-3-5-17(12-16)27-19-7-6-18(24-13-19)14-26-29-22-25-15-20(23)21(28-22)30-8-10-31-11-9-30;1-3-4-5-6-2/h3-7,12-15,27H,2,8-11H2,1H3,(H,25,28,29);6H,3-5H2,1-2H3/b26-14+;. The van der Waals surface area contributed by atoms with Crippen LogP contribution in [0.3, 0.4) is 0 Å². The molecule has 0 amide bonds. The molecule has 10 heteroatoms. The molecule has 3 aromatic rings. The number of anilines is 4. The van der Waals surface area contributed by atoms with Crippen molar-refractivity contribution in [3.05, 3.63) is 65.9 Å². The average Bonchev–Trinajstić information content (AvgIpc) is 2.94. The van der Waals surface area contributed by atoms with Gasteiger partial charge < -0.3 is 20.3 Å². The van der Waals surface area contributed by atoms with E-state index in [1.54, 1.807) is 12.4 Å². The fourth-order valence-electron chi connectivity index (χ4n) is 3.51. The number of benzene rings is 1. The number of hydrogen-bond acceptors (Lipinski definition) is 9. The molecule has 0 spiro atoms. The average molecular weight is 509 g/mol. The van der Waals surface area contributed by atoms with Crippen LogP contribution < -0.4 is 21.0 Å². The zero-order chi connectivity index (χ0) is 26.3. The van der Waals surface area contributed by atoms with E-state index in [-0.39, 0.29) is 11.8 Å². The molecule has 3 N–H and O–H groups in total. The molecule has 1 aliphatic heterocycles. The summed E-state index contributed by atoms with van der Waals surface area (Å²) >= 11 is 0. The van der Waals surface area contributed by atoms with Gasteiger partial charge in [0.2, 0.25) is 5.95 Å². The highest BCUT2D eigenvalue weighted by Crippen LogP contribution is 2.19. The molecule has 0 radical (unpaired) electrons. The Hall–Kier alpha value is -3.63. The van der Waals surface area contributed by atoms with E-state index in [0.717, 1.165) is 30.5 Å². The Kier molecular flexibility index (Phi) is 11.7. The van der Waals surface area contributed by atoms with Gasteiger partial charge >= 0.3 is 0 Å². The lowest BCUT2D eigenvalue weighted by Crippen LogP contribution is -2.37. The summed E-state index contributed by atoms with van der Waals surface area (Å²) < 4.78 is 19.4. The molecular formula is C27H37FN8O. The molecule has 0 aliphatic carbocycles. The molecule has 4 rings (SSSR count). The first-order valence-electron chi connectivity index (χ1n) is 12.7. The second kappa shape index (κ2) is 15.5. The van der Waals surface area contributed by atoms with E-state index in [1.807, 2.05) is 36.2 Å². The zero-order valence-electron chi connectivity index (χ0n) is 21.9. The van der Waals surface area contributed by atoms with Gasteiger partial charge in [0.15, 0.2) is 11.6 Å². The molecule has 3 heterocycles. The summed E-state index contributed by atoms with van der Waals surface area (Å²) in [6, 6.07) is 12.0. The third-order valence-corrected chi connectivity index (χ3v) is 5.59. The van der Waals surface area contributed by atoms with Gasteiger partial charge in [0.1, 0.15) is 0 Å². The van der Waals surface area contributed by atoms with Crippen LogP contribution in [0.1, 0.15) is 37.9 Å². The van der Waals surface area contributed by atoms with Crippen molar-refractivity contribution in [2.24, 2.45) is 5.10 Å². The van der Waals surface area contributed by atoms with Crippen molar-refractivity contribution >= 4 is 29.4 Å². The lowest BCUT2D eigenvalue weighted by Gasteiger charge is -2.27. The molecule has 0 atom stereocenters. The normalized spacial score (nSPS) is 13.2. The molecule has 0 unspecified atom stereocenters. The number of rotatable bonds is 10. The second-order valence-corrected chi connectivity index (χ2v) is 8.44. The van der Waals surface area contributed by atoms with Gasteiger partial charge in [-0.3, -0.25) is 4.98 Å². The fourth-order valence-corrected chi connectivity index (χ4v) is 3.51. The number of morpholine rings is 1. The van der Waals surface area contributed by atoms with Crippen LogP contribution in [-0.2, 0) is 11.2 Å². The van der Waals surface area contributed by atoms with E-state index in [4.69, 9.17) is 4.74 Å². The fraction of sp³-hybridized carbons (Fsp3) is 0.407. The first-order chi connectivity index (χ1) is 18.1. The van der Waals surface area contributed by atoms with Gasteiger partial charge in [-0.25, -0.2) is 14.8 Å². The van der Waals surface area contributed by atoms with E-state index >= 15 is 0 Å². The smallest absolute Gasteiger partial charge is 0.245 e. The van der Waals surface area contributed by atoms with E-state index < -0.39 is 5.82 Å². The number of halogens is 1. The van der Waals surface area contributed by atoms with Gasteiger partial charge in [0.05, 0.1) is 43.2 Å². The van der Waals surface area contributed by atoms with E-state index in [0.29, 0.717) is 32.0 Å². The highest BCUT2D eigenvalue weighted by atomic mass is 19.1. The Bertz CT molecular complexity index is 1100. The largest absolute Gasteiger partial charge is 0.378 e. The zero-order valence-corrected chi connectivity index (χ0v) is 21.9. The number of ether oxygens (including phenoxy) is 1. The summed E-state index contributed by atoms with van der Waals surface area (Å²) in [4.78, 5) is 14.4. The van der Waals surface area contributed by atoms with Crippen molar-refractivity contribution in [2.45, 2.75) is 33.1 Å². The minimum atomic E-state index is -0.467. The number of hydrogen-bond donors (Lipinski definition) is 3. The van der Waals surface area contributed by atoms with E-state index in [9.17, 15) is 4.39 Å². The highest BCUT2D eigenvalue weighted by molar-refractivity contribution is 5.78. The molecule has 1 aliphatic rings. The summed E-state index contributed by atoms with van der Waals surface area (Å²) in [5.41, 5.74) is 6.57. The first-order valence-corrected chi connectivity index (χ1v) is 12.7. The van der Waals surface area contributed by atoms with Crippen LogP contribution in [-0.4, -0.2) is 61.1 Å². The van der Waals surface area contributed by atoms with Crippen molar-refractivity contribution in [3.63, 3.8) is 0 Å². The molecule has 0 bridgehead atoms. The Morgan fingerprint density at radius 2 is 1.92 bits per heavy atom. The summed E-state index contributed by atoms with van der Waals surface area (Å²) in [7, 11) is 1.98. The van der Waals surface area contributed by atoms with Crippen LogP contribution in [0, 0.1) is 5.82 Å². The molecule has 0 saturated carbocycles. The number of nitrogens with zero attached hydrogens (tertiary/aromatic N) is 5. The number of pyridine rings is 1. The molecule has 37 heavy (non-hydrogen) atoms. The predicted molar refractivity (Wildman–Crippen MR) is 148 cm³/mol. The third kappa shape index (κ3) is 9.40. The van der Waals surface area contributed by atoms with E-state index in [2.05, 4.69) is 62.1 Å². The van der Waals surface area contributed by atoms with Gasteiger partial charge in [0, 0.05) is 18.8 Å². The lowest BCUT2D eigenvalue weighted by atomic mass is 10.1. The quantitative estimate of drug-likeness (QED) is 0.208. The van der Waals surface area contributed by atoms with Gasteiger partial charge in [-0.15, -0.1) is 0 Å². The summed E-state index contributed by atoms with van der Waals surface area (Å²) in [6.45, 7) is 7.75. The van der Waals surface area contributed by atoms with Crippen molar-refractivity contribution in [1.82, 2.24) is 20.3 Å². The monoisotopic (exact) mass is 508 g/mol. The Labute approximate surface area is 218 Å². The van der Waals surface area contributed by atoms with Crippen LogP contribution in [0.15, 0.2) is 53.9 Å². The van der Waals surface area contributed by atoms with Crippen LogP contribution in [0.5, 0.6) is 0 Å². The van der Waals surface area contributed by atoms with Gasteiger partial charge in [-0.05, 0) is 56.3 Å². The Morgan fingerprint density at radius 3 is 2.59 bits per heavy atom. The minimum absolute atomic E-state index is 0.216. The second-order valence-electron chi connectivity index (χ2n) is 8.44. The topological polar surface area (TPSA) is 99.6 Å². The summed E-state index contributed by atoms with van der Waals surface area (Å²) in [6.07, 6.45) is 8.02. The first kappa shape index (κ1) is 27.9. The summed E-state index contributed by atoms with van der Waals surface area (Å²) in [5.74, 6) is -0.00409. The predicted octanol–water partition coefficient (Wildman–Crippen LogP) is 4.61. The SMILES string of the molecule is CCCCNC.CCc1cccc(Nc2ccc(/C=N/Nc3ncc(F)c(N4CCOCC4)n3)nc2)c1. The molecule has 2 aromatic heterocycles. The Morgan fingerprint density at radius 1 is 1.08 bits per heavy atom. The summed E-state index contributed by atoms with van der Waals surface area (Å²) in [5, 5.41) is 10.5. The van der Waals surface area contributed by atoms with Crippen LogP contribution in [0.25, 0.3) is 0 Å². The van der Waals surface area contributed by atoms with Gasteiger partial charge in [-0.1, -0.05) is 32.4 Å². The molecule has 1 saturated heterocycles. The van der Waals surface area contributed by atoms with E-state index in [1.165, 1.54) is 18.4 Å². The van der Waals surface area contributed by atoms with Crippen molar-refractivity contribution in [1.29, 1.82) is 0 Å². The number of aromatic nitrogens is 3. The molecule has 1 fully saturated rings.